The molecule has 1 N–H and O–H groups in total. The van der Waals surface area contributed by atoms with Gasteiger partial charge in [-0.15, -0.1) is 10.2 Å². The second-order valence-corrected chi connectivity index (χ2v) is 7.60. The Bertz CT molecular complexity index is 816. The summed E-state index contributed by atoms with van der Waals surface area (Å²) in [6.45, 7) is 4.57. The molecule has 1 aromatic heterocycles. The molecule has 2 aromatic rings. The summed E-state index contributed by atoms with van der Waals surface area (Å²) in [5, 5.41) is 17.8. The summed E-state index contributed by atoms with van der Waals surface area (Å²) in [5.74, 6) is 0.0649. The first-order valence-electron chi connectivity index (χ1n) is 8.56. The zero-order valence-electron chi connectivity index (χ0n) is 14.8. The number of hydrogen-bond acceptors (Lipinski definition) is 6. The van der Waals surface area contributed by atoms with Gasteiger partial charge in [-0.2, -0.15) is 5.10 Å². The van der Waals surface area contributed by atoms with Crippen LogP contribution < -0.4 is 5.32 Å². The summed E-state index contributed by atoms with van der Waals surface area (Å²) < 4.78 is 0. The van der Waals surface area contributed by atoms with E-state index in [2.05, 4.69) is 34.5 Å². The van der Waals surface area contributed by atoms with Crippen molar-refractivity contribution in [2.75, 3.05) is 5.32 Å². The van der Waals surface area contributed by atoms with Gasteiger partial charge in [-0.1, -0.05) is 55.5 Å². The van der Waals surface area contributed by atoms with E-state index in [-0.39, 0.29) is 18.2 Å². The van der Waals surface area contributed by atoms with Crippen molar-refractivity contribution in [3.8, 4) is 0 Å². The van der Waals surface area contributed by atoms with E-state index in [9.17, 15) is 9.59 Å². The molecule has 0 fully saturated rings. The van der Waals surface area contributed by atoms with Crippen molar-refractivity contribution in [1.82, 2.24) is 15.2 Å². The third kappa shape index (κ3) is 4.72. The Balaban J connectivity index is 1.67. The molecule has 1 aliphatic heterocycles. The van der Waals surface area contributed by atoms with Gasteiger partial charge in [-0.05, 0) is 11.5 Å². The quantitative estimate of drug-likeness (QED) is 0.846. The van der Waals surface area contributed by atoms with Crippen LogP contribution in [0.1, 0.15) is 37.3 Å². The Morgan fingerprint density at radius 2 is 2.00 bits per heavy atom. The van der Waals surface area contributed by atoms with Crippen LogP contribution in [0.3, 0.4) is 0 Å². The van der Waals surface area contributed by atoms with E-state index in [1.807, 2.05) is 30.3 Å². The minimum Gasteiger partial charge on any atom is -0.295 e. The average Bonchev–Trinajstić information content (AvgIpc) is 3.03. The lowest BCUT2D eigenvalue weighted by Crippen LogP contribution is -2.36. The number of carbonyl (C=O) groups is 2. The van der Waals surface area contributed by atoms with Crippen molar-refractivity contribution >= 4 is 34.0 Å². The number of nitrogens with one attached hydrogen (secondary N) is 1. The van der Waals surface area contributed by atoms with E-state index >= 15 is 0 Å². The molecule has 7 nitrogen and oxygen atoms in total. The van der Waals surface area contributed by atoms with Gasteiger partial charge in [0.1, 0.15) is 10.7 Å². The van der Waals surface area contributed by atoms with Crippen molar-refractivity contribution in [1.29, 1.82) is 0 Å². The highest BCUT2D eigenvalue weighted by molar-refractivity contribution is 7.15. The summed E-state index contributed by atoms with van der Waals surface area (Å²) in [6.07, 6.45) is 1.43. The van der Waals surface area contributed by atoms with Gasteiger partial charge in [0.2, 0.25) is 11.0 Å². The predicted octanol–water partition coefficient (Wildman–Crippen LogP) is 2.85. The molecule has 3 rings (SSSR count). The summed E-state index contributed by atoms with van der Waals surface area (Å²) in [7, 11) is 0. The first-order valence-corrected chi connectivity index (χ1v) is 9.38. The fourth-order valence-corrected chi connectivity index (χ4v) is 3.50. The highest BCUT2D eigenvalue weighted by atomic mass is 32.1. The average molecular weight is 371 g/mol. The van der Waals surface area contributed by atoms with Gasteiger partial charge in [0.15, 0.2) is 0 Å². The Morgan fingerprint density at radius 3 is 2.73 bits per heavy atom. The predicted molar refractivity (Wildman–Crippen MR) is 101 cm³/mol. The van der Waals surface area contributed by atoms with Crippen LogP contribution in [0.5, 0.6) is 0 Å². The Morgan fingerprint density at radius 1 is 1.23 bits per heavy atom. The summed E-state index contributed by atoms with van der Waals surface area (Å²) in [6, 6.07) is 9.58. The van der Waals surface area contributed by atoms with Gasteiger partial charge >= 0.3 is 0 Å². The number of hydrogen-bond donors (Lipinski definition) is 1. The molecule has 0 bridgehead atoms. The monoisotopic (exact) mass is 371 g/mol. The number of amides is 2. The number of hydrazone groups is 1. The molecule has 136 valence electrons. The van der Waals surface area contributed by atoms with Crippen molar-refractivity contribution in [3.05, 3.63) is 40.9 Å². The summed E-state index contributed by atoms with van der Waals surface area (Å²) in [5.41, 5.74) is 1.30. The largest absolute Gasteiger partial charge is 0.295 e. The number of carbonyl (C=O) groups excluding carboxylic acids is 2. The van der Waals surface area contributed by atoms with Crippen LogP contribution in [0.15, 0.2) is 35.4 Å². The van der Waals surface area contributed by atoms with E-state index in [1.165, 1.54) is 16.3 Å². The van der Waals surface area contributed by atoms with E-state index < -0.39 is 0 Å². The number of aromatic nitrogens is 2. The van der Waals surface area contributed by atoms with E-state index in [1.54, 1.807) is 0 Å². The van der Waals surface area contributed by atoms with Gasteiger partial charge < -0.3 is 0 Å². The molecule has 0 saturated carbocycles. The van der Waals surface area contributed by atoms with Gasteiger partial charge in [0.25, 0.3) is 5.91 Å². The third-order valence-electron chi connectivity index (χ3n) is 3.81. The van der Waals surface area contributed by atoms with Crippen molar-refractivity contribution in [2.24, 2.45) is 11.0 Å². The first kappa shape index (κ1) is 18.2. The Kier molecular flexibility index (Phi) is 5.72. The number of anilines is 1. The fraction of sp³-hybridized carbons (Fsp3) is 0.389. The van der Waals surface area contributed by atoms with Crippen LogP contribution in [0.2, 0.25) is 0 Å². The second kappa shape index (κ2) is 8.18. The van der Waals surface area contributed by atoms with Crippen molar-refractivity contribution < 1.29 is 9.59 Å². The lowest BCUT2D eigenvalue weighted by atomic mass is 10.1. The Hall–Kier alpha value is -2.61. The summed E-state index contributed by atoms with van der Waals surface area (Å²) in [4.78, 5) is 24.6. The zero-order chi connectivity index (χ0) is 18.5. The van der Waals surface area contributed by atoms with Gasteiger partial charge in [0, 0.05) is 19.3 Å². The maximum atomic E-state index is 12.5. The molecule has 2 amide bonds. The SMILES string of the molecule is CC(C)Cc1nnc(NC(=O)C2=NN(Cc3ccccc3)C(=O)CC2)s1. The van der Waals surface area contributed by atoms with E-state index in [0.717, 1.165) is 17.0 Å². The van der Waals surface area contributed by atoms with Crippen LogP contribution in [0.4, 0.5) is 5.13 Å². The molecule has 0 aliphatic carbocycles. The molecular formula is C18H21N5O2S. The van der Waals surface area contributed by atoms with Crippen LogP contribution in [0.25, 0.3) is 0 Å². The zero-order valence-corrected chi connectivity index (χ0v) is 15.6. The van der Waals surface area contributed by atoms with E-state index in [4.69, 9.17) is 0 Å². The molecule has 0 spiro atoms. The van der Waals surface area contributed by atoms with Crippen LogP contribution in [-0.4, -0.2) is 32.7 Å². The number of benzene rings is 1. The Labute approximate surface area is 156 Å². The van der Waals surface area contributed by atoms with Crippen LogP contribution in [-0.2, 0) is 22.6 Å². The molecule has 1 aliphatic rings. The maximum absolute atomic E-state index is 12.5. The minimum atomic E-state index is -0.331. The first-order chi connectivity index (χ1) is 12.5. The molecule has 2 heterocycles. The van der Waals surface area contributed by atoms with E-state index in [0.29, 0.717) is 29.7 Å². The number of rotatable bonds is 6. The molecular weight excluding hydrogens is 350 g/mol. The highest BCUT2D eigenvalue weighted by Gasteiger charge is 2.25. The smallest absolute Gasteiger partial charge is 0.273 e. The minimum absolute atomic E-state index is 0.0828. The second-order valence-electron chi connectivity index (χ2n) is 6.54. The lowest BCUT2D eigenvalue weighted by molar-refractivity contribution is -0.132. The summed E-state index contributed by atoms with van der Waals surface area (Å²) >= 11 is 1.37. The van der Waals surface area contributed by atoms with Crippen molar-refractivity contribution in [2.45, 2.75) is 39.7 Å². The number of nitrogens with zero attached hydrogens (tertiary/aromatic N) is 4. The molecule has 0 saturated heterocycles. The maximum Gasteiger partial charge on any atom is 0.273 e. The molecule has 1 aromatic carbocycles. The molecule has 8 heteroatoms. The fourth-order valence-electron chi connectivity index (χ4n) is 2.55. The molecule has 0 unspecified atom stereocenters. The molecule has 0 atom stereocenters. The lowest BCUT2D eigenvalue weighted by Gasteiger charge is -2.23. The van der Waals surface area contributed by atoms with Crippen LogP contribution in [0, 0.1) is 5.92 Å². The highest BCUT2D eigenvalue weighted by Crippen LogP contribution is 2.19. The topological polar surface area (TPSA) is 87.6 Å². The third-order valence-corrected chi connectivity index (χ3v) is 4.67. The van der Waals surface area contributed by atoms with Gasteiger partial charge in [-0.25, -0.2) is 5.01 Å². The van der Waals surface area contributed by atoms with Crippen LogP contribution >= 0.6 is 11.3 Å². The molecule has 26 heavy (non-hydrogen) atoms. The van der Waals surface area contributed by atoms with Gasteiger partial charge in [0.05, 0.1) is 6.54 Å². The standard InChI is InChI=1S/C18H21N5O2S/c1-12(2)10-15-20-21-18(26-15)19-17(25)14-8-9-16(24)23(22-14)11-13-6-4-3-5-7-13/h3-7,12H,8-11H2,1-2H3,(H,19,21,25). The normalized spacial score (nSPS) is 14.5. The molecule has 0 radical (unpaired) electrons. The van der Waals surface area contributed by atoms with Crippen molar-refractivity contribution in [3.63, 3.8) is 0 Å². The van der Waals surface area contributed by atoms with Gasteiger partial charge in [-0.3, -0.25) is 14.9 Å².